The van der Waals surface area contributed by atoms with E-state index in [-0.39, 0.29) is 81.0 Å². The van der Waals surface area contributed by atoms with E-state index in [0.29, 0.717) is 95.5 Å². The molecular weight excluding hydrogens is 1660 g/mol. The maximum Gasteiger partial charge on any atom is 0.223 e. The lowest BCUT2D eigenvalue weighted by Gasteiger charge is -2.34. The largest absolute Gasteiger partial charge is 0.378 e. The lowest BCUT2D eigenvalue weighted by Crippen LogP contribution is -2.48. The van der Waals surface area contributed by atoms with Gasteiger partial charge in [0.05, 0.1) is 99.9 Å². The fourth-order valence-electron chi connectivity index (χ4n) is 16.1. The molecule has 0 saturated carbocycles. The number of rotatable bonds is 26. The van der Waals surface area contributed by atoms with Crippen LogP contribution in [0.5, 0.6) is 0 Å². The summed E-state index contributed by atoms with van der Waals surface area (Å²) < 4.78 is 20.1. The molecule has 5 aliphatic heterocycles. The molecule has 3 amide bonds. The quantitative estimate of drug-likeness (QED) is 0.0366. The maximum absolute atomic E-state index is 12.9. The van der Waals surface area contributed by atoms with Gasteiger partial charge in [-0.2, -0.15) is 15.3 Å². The van der Waals surface area contributed by atoms with E-state index in [4.69, 9.17) is 44.1 Å². The number of fused-ring (bicyclic) bond motifs is 6. The first-order valence-electron chi connectivity index (χ1n) is 42.8. The van der Waals surface area contributed by atoms with Crippen LogP contribution in [0, 0.1) is 0 Å². The zero-order chi connectivity index (χ0) is 86.2. The van der Waals surface area contributed by atoms with Crippen molar-refractivity contribution in [3.8, 4) is 44.6 Å². The van der Waals surface area contributed by atoms with Crippen molar-refractivity contribution in [2.24, 2.45) is 0 Å². The van der Waals surface area contributed by atoms with Gasteiger partial charge >= 0.3 is 0 Å². The van der Waals surface area contributed by atoms with Crippen LogP contribution >= 0.6 is 34.0 Å². The van der Waals surface area contributed by atoms with Crippen molar-refractivity contribution >= 4 is 156 Å². The second kappa shape index (κ2) is 41.7. The SMILES string of the molecule is C.C/C=C/C(=O)CCC(=O)N1CCN(Cc2cc3nc(-c4ccnc5[nH]ncc45)nc(N4CCOCC4)c3s2)CC1.C/C=C/C(=O)CCC(=O)NCc1ccc(-c2cc3nc(-c4cccc5[nH]ncc45)nc(N4CCOCC4)c3s2)cc1.O=C(/C=C/c1ccccc1)CCC(=O)N1CCN(Cc2cc3nc(-c4cccc5[nH]ncc45)nc(N4CCOCC4)c3s2)CC1. The standard InChI is InChI=1S/C34H35N7O3S.C31H30N6O3S.C28H32N8O3S.CH4/c42-25(10-9-24-5-2-1-3-6-24)11-12-31(43)40-15-13-39(14-16-40)23-26-21-30-32(45-26)34(41-17-19-44-20-18-41)37-33(36-30)27-7-4-8-29-28(27)22-35-38-29;1-2-4-22(38)11-12-28(39)32-18-20-7-9-21(10-8-20)27-17-26-29(41-27)31(37-13-15-40-16-14-37)35-30(34-26)23-5-3-6-25-24(23)19-33-36-25;1-2-3-19(37)4-5-24(38)35-10-8-34(9-11-35)18-20-16-23-25(40-20)28(36-12-14-39-15-13-36)32-27(31-23)21-6-7-29-26-22(21)17-30-33-26;/h1-10,21-22H,11-20,23H2,(H,35,38);2-10,17,19H,11-16,18H2,1H3,(H,32,39)(H,33,36);2-3,6-7,16-17H,4-5,8-15,18H2,1H3,(H,29,30,33);1H4/b10-9+;4-2+;3-2+;. The molecule has 127 heavy (non-hydrogen) atoms. The molecule has 14 aromatic rings. The Morgan fingerprint density at radius 3 is 1.37 bits per heavy atom. The van der Waals surface area contributed by atoms with Crippen molar-refractivity contribution in [3.63, 3.8) is 0 Å². The summed E-state index contributed by atoms with van der Waals surface area (Å²) in [4.78, 5) is 127. The smallest absolute Gasteiger partial charge is 0.223 e. The average molecular weight is 1770 g/mol. The van der Waals surface area contributed by atoms with E-state index < -0.39 is 0 Å². The summed E-state index contributed by atoms with van der Waals surface area (Å²) in [5.41, 5.74) is 11.2. The number of allylic oxidation sites excluding steroid dienone is 5. The van der Waals surface area contributed by atoms with Crippen LogP contribution in [0.2, 0.25) is 0 Å². The number of piperazine rings is 2. The molecular formula is C94H101N21O9S3. The number of aromatic nitrogens is 13. The molecule has 0 radical (unpaired) electrons. The fourth-order valence-corrected chi connectivity index (χ4v) is 19.5. The Bertz CT molecular complexity index is 6320. The van der Waals surface area contributed by atoms with Crippen LogP contribution in [0.3, 0.4) is 0 Å². The third-order valence-electron chi connectivity index (χ3n) is 22.8. The van der Waals surface area contributed by atoms with E-state index in [1.807, 2.05) is 114 Å². The van der Waals surface area contributed by atoms with Crippen LogP contribution in [0.25, 0.3) is 114 Å². The summed E-state index contributed by atoms with van der Waals surface area (Å²) in [5, 5.41) is 27.4. The number of thiophene rings is 3. The third-order valence-corrected chi connectivity index (χ3v) is 26.2. The van der Waals surface area contributed by atoms with E-state index in [1.54, 1.807) is 77.6 Å². The molecule has 33 heteroatoms. The molecule has 5 fully saturated rings. The fraction of sp³-hybridized carbons (Fsp3) is 0.340. The number of amides is 3. The normalized spacial score (nSPS) is 15.6. The van der Waals surface area contributed by atoms with Crippen LogP contribution in [0.4, 0.5) is 17.5 Å². The van der Waals surface area contributed by atoms with E-state index in [2.05, 4.69) is 95.7 Å². The second-order valence-electron chi connectivity index (χ2n) is 31.3. The van der Waals surface area contributed by atoms with Gasteiger partial charge in [0.1, 0.15) is 0 Å². The van der Waals surface area contributed by atoms with Gasteiger partial charge in [-0.1, -0.05) is 105 Å². The van der Waals surface area contributed by atoms with E-state index in [1.165, 1.54) is 21.9 Å². The van der Waals surface area contributed by atoms with Crippen LogP contribution in [0.1, 0.15) is 80.7 Å². The molecule has 0 unspecified atom stereocenters. The highest BCUT2D eigenvalue weighted by Gasteiger charge is 2.30. The molecule has 10 aromatic heterocycles. The minimum Gasteiger partial charge on any atom is -0.378 e. The molecule has 5 aliphatic rings. The molecule has 30 nitrogen and oxygen atoms in total. The lowest BCUT2D eigenvalue weighted by atomic mass is 10.1. The Morgan fingerprint density at radius 1 is 0.441 bits per heavy atom. The number of pyridine rings is 1. The predicted molar refractivity (Wildman–Crippen MR) is 500 cm³/mol. The van der Waals surface area contributed by atoms with Crippen LogP contribution < -0.4 is 20.0 Å². The number of benzene rings is 4. The second-order valence-corrected chi connectivity index (χ2v) is 34.6. The number of H-pyrrole nitrogens is 3. The van der Waals surface area contributed by atoms with Crippen molar-refractivity contribution in [1.29, 1.82) is 0 Å². The Morgan fingerprint density at radius 2 is 0.882 bits per heavy atom. The molecule has 0 aliphatic carbocycles. The van der Waals surface area contributed by atoms with Gasteiger partial charge in [-0.3, -0.25) is 53.9 Å². The molecule has 4 aromatic carbocycles. The summed E-state index contributed by atoms with van der Waals surface area (Å²) in [6.07, 6.45) is 18.4. The molecule has 19 rings (SSSR count). The Hall–Kier alpha value is -12.6. The monoisotopic (exact) mass is 1760 g/mol. The van der Waals surface area contributed by atoms with Gasteiger partial charge in [0.15, 0.2) is 57.9 Å². The van der Waals surface area contributed by atoms with Crippen LogP contribution in [0.15, 0.2) is 170 Å². The molecule has 0 bridgehead atoms. The van der Waals surface area contributed by atoms with Crippen LogP contribution in [-0.4, -0.2) is 251 Å². The van der Waals surface area contributed by atoms with Crippen molar-refractivity contribution in [3.05, 3.63) is 191 Å². The number of hydrogen-bond donors (Lipinski definition) is 4. The van der Waals surface area contributed by atoms with Gasteiger partial charge in [0.25, 0.3) is 0 Å². The minimum absolute atomic E-state index is 0. The highest BCUT2D eigenvalue weighted by atomic mass is 32.1. The van der Waals surface area contributed by atoms with Gasteiger partial charge in [0, 0.05) is 203 Å². The maximum atomic E-state index is 12.9. The van der Waals surface area contributed by atoms with Crippen molar-refractivity contribution in [2.75, 3.05) is 146 Å². The number of aromatic amines is 3. The van der Waals surface area contributed by atoms with Crippen molar-refractivity contribution in [2.45, 2.75) is 79.4 Å². The number of hydrogen-bond acceptors (Lipinski definition) is 27. The van der Waals surface area contributed by atoms with Gasteiger partial charge in [0.2, 0.25) is 17.7 Å². The summed E-state index contributed by atoms with van der Waals surface area (Å²) in [5.74, 6) is 4.76. The summed E-state index contributed by atoms with van der Waals surface area (Å²) in [6, 6.07) is 38.4. The molecule has 654 valence electrons. The molecule has 0 atom stereocenters. The first kappa shape index (κ1) is 87.9. The zero-order valence-corrected chi connectivity index (χ0v) is 72.7. The van der Waals surface area contributed by atoms with Crippen molar-refractivity contribution in [1.82, 2.24) is 90.4 Å². The van der Waals surface area contributed by atoms with Gasteiger partial charge < -0.3 is 44.0 Å². The summed E-state index contributed by atoms with van der Waals surface area (Å²) in [7, 11) is 0. The van der Waals surface area contributed by atoms with Crippen LogP contribution in [-0.2, 0) is 62.6 Å². The highest BCUT2D eigenvalue weighted by Crippen LogP contribution is 2.42. The number of ether oxygens (including phenoxy) is 3. The average Bonchev–Trinajstić information content (AvgIpc) is 1.65. The predicted octanol–water partition coefficient (Wildman–Crippen LogP) is 13.7. The Labute approximate surface area is 746 Å². The molecule has 5 saturated heterocycles. The number of nitrogens with zero attached hydrogens (tertiary/aromatic N) is 17. The summed E-state index contributed by atoms with van der Waals surface area (Å²) >= 11 is 5.17. The number of ketones is 3. The lowest BCUT2D eigenvalue weighted by molar-refractivity contribution is -0.134. The topological polar surface area (TPSA) is 341 Å². The van der Waals surface area contributed by atoms with E-state index >= 15 is 0 Å². The number of carbonyl (C=O) groups excluding carboxylic acids is 6. The minimum atomic E-state index is -0.132. The van der Waals surface area contributed by atoms with E-state index in [0.717, 1.165) is 192 Å². The number of carbonyl (C=O) groups is 6. The van der Waals surface area contributed by atoms with E-state index in [9.17, 15) is 28.8 Å². The molecule has 4 N–H and O–H groups in total. The summed E-state index contributed by atoms with van der Waals surface area (Å²) in [6.45, 7) is 20.2. The van der Waals surface area contributed by atoms with Gasteiger partial charge in [-0.05, 0) is 85.2 Å². The number of morpholine rings is 3. The first-order chi connectivity index (χ1) is 61.8. The third kappa shape index (κ3) is 21.4. The number of anilines is 3. The zero-order valence-electron chi connectivity index (χ0n) is 70.3. The molecule has 15 heterocycles. The number of nitrogens with one attached hydrogen (secondary N) is 4. The van der Waals surface area contributed by atoms with Gasteiger partial charge in [-0.25, -0.2) is 34.9 Å². The molecule has 0 spiro atoms. The van der Waals surface area contributed by atoms with Gasteiger partial charge in [-0.15, -0.1) is 34.0 Å². The highest BCUT2D eigenvalue weighted by molar-refractivity contribution is 7.22. The Kier molecular flexibility index (Phi) is 28.8. The first-order valence-corrected chi connectivity index (χ1v) is 45.2. The van der Waals surface area contributed by atoms with Crippen molar-refractivity contribution < 1.29 is 43.0 Å². The Balaban J connectivity index is 0.000000140.